The molecule has 0 aromatic rings. The van der Waals surface area contributed by atoms with E-state index in [1.807, 2.05) is 0 Å². The van der Waals surface area contributed by atoms with Gasteiger partial charge in [0.25, 0.3) is 0 Å². The Kier molecular flexibility index (Phi) is 2.99. The molecule has 0 radical (unpaired) electrons. The molecule has 3 aliphatic rings. The second-order valence-corrected chi connectivity index (χ2v) is 6.44. The first-order chi connectivity index (χ1) is 7.83. The van der Waals surface area contributed by atoms with Gasteiger partial charge in [-0.3, -0.25) is 0 Å². The fraction of sp³-hybridized carbons (Fsp3) is 1.00. The summed E-state index contributed by atoms with van der Waals surface area (Å²) in [6.07, 6.45) is 10.3. The van der Waals surface area contributed by atoms with Crippen molar-refractivity contribution < 1.29 is 0 Å². The lowest BCUT2D eigenvalue weighted by atomic mass is 9.79. The smallest absolute Gasteiger partial charge is 0.0103 e. The quantitative estimate of drug-likeness (QED) is 0.765. The van der Waals surface area contributed by atoms with Crippen LogP contribution in [0.4, 0.5) is 0 Å². The van der Waals surface area contributed by atoms with Crippen LogP contribution in [-0.2, 0) is 0 Å². The second kappa shape index (κ2) is 4.33. The van der Waals surface area contributed by atoms with Gasteiger partial charge in [0.1, 0.15) is 0 Å². The fourth-order valence-corrected chi connectivity index (χ4v) is 5.09. The summed E-state index contributed by atoms with van der Waals surface area (Å²) in [4.78, 5) is 0. The highest BCUT2D eigenvalue weighted by molar-refractivity contribution is 5.05. The van der Waals surface area contributed by atoms with Gasteiger partial charge in [-0.1, -0.05) is 20.3 Å². The average Bonchev–Trinajstić information content (AvgIpc) is 2.96. The summed E-state index contributed by atoms with van der Waals surface area (Å²) < 4.78 is 0. The Hall–Kier alpha value is -0.0400. The molecule has 1 heteroatoms. The van der Waals surface area contributed by atoms with Gasteiger partial charge < -0.3 is 5.32 Å². The molecular weight excluding hydrogens is 194 g/mol. The van der Waals surface area contributed by atoms with Crippen LogP contribution in [0.2, 0.25) is 0 Å². The number of hydrogen-bond acceptors (Lipinski definition) is 1. The standard InChI is InChI=1S/C15H27N/c1-3-11(4-2)16-15-9-10-8-14(15)13-7-5-6-12(10)13/h10-16H,3-9H2,1-2H3. The van der Waals surface area contributed by atoms with Crippen molar-refractivity contribution in [3.05, 3.63) is 0 Å². The first-order valence-corrected chi connectivity index (χ1v) is 7.59. The highest BCUT2D eigenvalue weighted by Crippen LogP contribution is 2.58. The summed E-state index contributed by atoms with van der Waals surface area (Å²) in [6, 6.07) is 1.67. The first kappa shape index (κ1) is 11.1. The molecule has 3 fully saturated rings. The van der Waals surface area contributed by atoms with Gasteiger partial charge >= 0.3 is 0 Å². The van der Waals surface area contributed by atoms with Crippen molar-refractivity contribution in [1.82, 2.24) is 5.32 Å². The van der Waals surface area contributed by atoms with Crippen LogP contribution in [0, 0.1) is 23.7 Å². The van der Waals surface area contributed by atoms with E-state index in [-0.39, 0.29) is 0 Å². The molecule has 5 atom stereocenters. The van der Waals surface area contributed by atoms with Crippen LogP contribution in [0.5, 0.6) is 0 Å². The number of rotatable bonds is 4. The van der Waals surface area contributed by atoms with E-state index in [9.17, 15) is 0 Å². The van der Waals surface area contributed by atoms with Crippen molar-refractivity contribution in [1.29, 1.82) is 0 Å². The van der Waals surface area contributed by atoms with Gasteiger partial charge in [0.2, 0.25) is 0 Å². The highest BCUT2D eigenvalue weighted by atomic mass is 15.0. The van der Waals surface area contributed by atoms with Crippen LogP contribution in [0.25, 0.3) is 0 Å². The maximum atomic E-state index is 3.96. The number of nitrogens with one attached hydrogen (secondary N) is 1. The maximum absolute atomic E-state index is 3.96. The topological polar surface area (TPSA) is 12.0 Å². The lowest BCUT2D eigenvalue weighted by molar-refractivity contribution is 0.195. The van der Waals surface area contributed by atoms with E-state index < -0.39 is 0 Å². The Morgan fingerprint density at radius 3 is 2.50 bits per heavy atom. The maximum Gasteiger partial charge on any atom is 0.0103 e. The third-order valence-corrected chi connectivity index (χ3v) is 5.86. The van der Waals surface area contributed by atoms with Crippen LogP contribution in [-0.4, -0.2) is 12.1 Å². The molecule has 1 N–H and O–H groups in total. The van der Waals surface area contributed by atoms with Gasteiger partial charge in [-0.15, -0.1) is 0 Å². The zero-order valence-electron chi connectivity index (χ0n) is 10.9. The van der Waals surface area contributed by atoms with Gasteiger partial charge in [-0.2, -0.15) is 0 Å². The Balaban J connectivity index is 1.63. The summed E-state index contributed by atoms with van der Waals surface area (Å²) >= 11 is 0. The molecule has 0 aromatic carbocycles. The monoisotopic (exact) mass is 221 g/mol. The SMILES string of the molecule is CCC(CC)NC1CC2CC1C1CCCC21. The number of fused-ring (bicyclic) bond motifs is 5. The molecule has 5 unspecified atom stereocenters. The summed E-state index contributed by atoms with van der Waals surface area (Å²) in [6.45, 7) is 4.65. The molecule has 0 aromatic heterocycles. The van der Waals surface area contributed by atoms with Gasteiger partial charge in [0.05, 0.1) is 0 Å². The van der Waals surface area contributed by atoms with E-state index in [2.05, 4.69) is 19.2 Å². The molecule has 0 amide bonds. The van der Waals surface area contributed by atoms with E-state index >= 15 is 0 Å². The second-order valence-electron chi connectivity index (χ2n) is 6.44. The highest BCUT2D eigenvalue weighted by Gasteiger charge is 2.53. The largest absolute Gasteiger partial charge is 0.311 e. The third kappa shape index (κ3) is 1.63. The first-order valence-electron chi connectivity index (χ1n) is 7.59. The van der Waals surface area contributed by atoms with Gasteiger partial charge in [0.15, 0.2) is 0 Å². The van der Waals surface area contributed by atoms with Gasteiger partial charge in [-0.25, -0.2) is 0 Å². The normalized spacial score (nSPS) is 45.6. The molecule has 16 heavy (non-hydrogen) atoms. The predicted octanol–water partition coefficient (Wildman–Crippen LogP) is 3.59. The van der Waals surface area contributed by atoms with Crippen molar-refractivity contribution in [2.75, 3.05) is 0 Å². The molecule has 0 saturated heterocycles. The molecule has 1 nitrogen and oxygen atoms in total. The minimum atomic E-state index is 0.782. The zero-order chi connectivity index (χ0) is 11.1. The van der Waals surface area contributed by atoms with E-state index in [1.54, 1.807) is 19.3 Å². The lowest BCUT2D eigenvalue weighted by Crippen LogP contribution is -2.44. The predicted molar refractivity (Wildman–Crippen MR) is 68.3 cm³/mol. The zero-order valence-corrected chi connectivity index (χ0v) is 10.9. The minimum Gasteiger partial charge on any atom is -0.311 e. The minimum absolute atomic E-state index is 0.782. The Morgan fingerprint density at radius 2 is 1.75 bits per heavy atom. The van der Waals surface area contributed by atoms with E-state index in [4.69, 9.17) is 0 Å². The molecule has 0 spiro atoms. The summed E-state index contributed by atoms with van der Waals surface area (Å²) in [5.74, 6) is 4.41. The van der Waals surface area contributed by atoms with Gasteiger partial charge in [0, 0.05) is 12.1 Å². The van der Waals surface area contributed by atoms with Crippen molar-refractivity contribution in [3.8, 4) is 0 Å². The summed E-state index contributed by atoms with van der Waals surface area (Å²) in [5.41, 5.74) is 0. The number of hydrogen-bond donors (Lipinski definition) is 1. The molecule has 2 bridgehead atoms. The van der Waals surface area contributed by atoms with Crippen LogP contribution in [0.3, 0.4) is 0 Å². The van der Waals surface area contributed by atoms with E-state index in [1.165, 1.54) is 25.7 Å². The van der Waals surface area contributed by atoms with Crippen LogP contribution in [0.1, 0.15) is 58.8 Å². The molecule has 3 rings (SSSR count). The molecule has 92 valence electrons. The van der Waals surface area contributed by atoms with Crippen LogP contribution >= 0.6 is 0 Å². The van der Waals surface area contributed by atoms with Crippen LogP contribution < -0.4 is 5.32 Å². The molecular formula is C15H27N. The van der Waals surface area contributed by atoms with E-state index in [0.717, 1.165) is 35.8 Å². The van der Waals surface area contributed by atoms with Gasteiger partial charge in [-0.05, 0) is 62.2 Å². The average molecular weight is 221 g/mol. The molecule has 3 aliphatic carbocycles. The Labute approximate surface area is 100 Å². The third-order valence-electron chi connectivity index (χ3n) is 5.86. The van der Waals surface area contributed by atoms with E-state index in [0.29, 0.717) is 0 Å². The van der Waals surface area contributed by atoms with Crippen molar-refractivity contribution in [2.45, 2.75) is 70.9 Å². The van der Waals surface area contributed by atoms with Crippen LogP contribution in [0.15, 0.2) is 0 Å². The summed E-state index contributed by atoms with van der Waals surface area (Å²) in [7, 11) is 0. The van der Waals surface area contributed by atoms with Crippen molar-refractivity contribution >= 4 is 0 Å². The fourth-order valence-electron chi connectivity index (χ4n) is 5.09. The summed E-state index contributed by atoms with van der Waals surface area (Å²) in [5, 5.41) is 3.96. The molecule has 3 saturated carbocycles. The van der Waals surface area contributed by atoms with Crippen molar-refractivity contribution in [2.24, 2.45) is 23.7 Å². The molecule has 0 aliphatic heterocycles. The Morgan fingerprint density at radius 1 is 1.00 bits per heavy atom. The Bertz CT molecular complexity index is 246. The molecule has 0 heterocycles. The van der Waals surface area contributed by atoms with Crippen molar-refractivity contribution in [3.63, 3.8) is 0 Å². The lowest BCUT2D eigenvalue weighted by Gasteiger charge is -2.34.